The highest BCUT2D eigenvalue weighted by molar-refractivity contribution is 6.02. The number of rotatable bonds is 8. The predicted molar refractivity (Wildman–Crippen MR) is 121 cm³/mol. The Balaban J connectivity index is 1.82. The van der Waals surface area contributed by atoms with Crippen LogP contribution in [0.2, 0.25) is 0 Å². The van der Waals surface area contributed by atoms with E-state index in [2.05, 4.69) is 15.4 Å². The first kappa shape index (κ1) is 21.4. The van der Waals surface area contributed by atoms with Crippen LogP contribution in [0, 0.1) is 0 Å². The average Bonchev–Trinajstić information content (AvgIpc) is 3.50. The Morgan fingerprint density at radius 1 is 1.28 bits per heavy atom. The Labute approximate surface area is 186 Å². The van der Waals surface area contributed by atoms with Gasteiger partial charge in [0.05, 0.1) is 30.2 Å². The van der Waals surface area contributed by atoms with E-state index < -0.39 is 5.91 Å². The number of carbonyl (C=O) groups excluding carboxylic acids is 2. The molecule has 1 aromatic carbocycles. The molecule has 3 N–H and O–H groups in total. The van der Waals surface area contributed by atoms with Crippen LogP contribution in [0.3, 0.4) is 0 Å². The van der Waals surface area contributed by atoms with Crippen molar-refractivity contribution in [3.05, 3.63) is 54.1 Å². The molecule has 0 spiro atoms. The molecule has 2 aromatic heterocycles. The zero-order valence-electron chi connectivity index (χ0n) is 18.3. The maximum absolute atomic E-state index is 12.6. The molecule has 1 saturated carbocycles. The van der Waals surface area contributed by atoms with Gasteiger partial charge in [-0.15, -0.1) is 0 Å². The summed E-state index contributed by atoms with van der Waals surface area (Å²) in [4.78, 5) is 30.9. The van der Waals surface area contributed by atoms with Gasteiger partial charge < -0.3 is 20.7 Å². The van der Waals surface area contributed by atoms with E-state index in [0.717, 1.165) is 29.7 Å². The summed E-state index contributed by atoms with van der Waals surface area (Å²) in [5.41, 5.74) is 9.10. The number of hydrogen-bond acceptors (Lipinski definition) is 6. The van der Waals surface area contributed by atoms with E-state index in [0.29, 0.717) is 18.0 Å². The van der Waals surface area contributed by atoms with Gasteiger partial charge >= 0.3 is 0 Å². The van der Waals surface area contributed by atoms with E-state index in [4.69, 9.17) is 10.5 Å². The minimum absolute atomic E-state index is 0.196. The molecule has 1 aliphatic carbocycles. The fourth-order valence-electron chi connectivity index (χ4n) is 3.68. The Hall–Kier alpha value is -3.88. The lowest BCUT2D eigenvalue weighted by molar-refractivity contribution is 0.0943. The number of hydrogen-bond donors (Lipinski definition) is 2. The molecule has 2 amide bonds. The van der Waals surface area contributed by atoms with E-state index in [9.17, 15) is 9.59 Å². The molecule has 32 heavy (non-hydrogen) atoms. The molecule has 1 fully saturated rings. The number of para-hydroxylation sites is 1. The van der Waals surface area contributed by atoms with Crippen molar-refractivity contribution in [1.29, 1.82) is 0 Å². The molecular formula is C23H26N6O3. The zero-order valence-corrected chi connectivity index (χ0v) is 18.3. The third-order valence-electron chi connectivity index (χ3n) is 5.40. The van der Waals surface area contributed by atoms with Crippen molar-refractivity contribution in [3.8, 4) is 16.9 Å². The molecule has 0 saturated heterocycles. The van der Waals surface area contributed by atoms with Crippen LogP contribution in [0.5, 0.6) is 5.75 Å². The summed E-state index contributed by atoms with van der Waals surface area (Å²) in [7, 11) is 3.45. The molecule has 1 aliphatic rings. The summed E-state index contributed by atoms with van der Waals surface area (Å²) in [6, 6.07) is 7.56. The van der Waals surface area contributed by atoms with Crippen molar-refractivity contribution in [1.82, 2.24) is 20.1 Å². The van der Waals surface area contributed by atoms with E-state index in [1.807, 2.05) is 43.3 Å². The highest BCUT2D eigenvalue weighted by Gasteiger charge is 2.26. The highest BCUT2D eigenvalue weighted by Crippen LogP contribution is 2.41. The SMILES string of the molecule is CCN(c1cc(C(=O)NC2CC2)ncc1C(N)=O)c1cccc(-c2cnn(C)c2)c1OC. The molecule has 4 rings (SSSR count). The van der Waals surface area contributed by atoms with Gasteiger partial charge in [-0.3, -0.25) is 19.3 Å². The van der Waals surface area contributed by atoms with Crippen LogP contribution < -0.4 is 20.7 Å². The fourth-order valence-corrected chi connectivity index (χ4v) is 3.68. The van der Waals surface area contributed by atoms with Gasteiger partial charge in [0.15, 0.2) is 0 Å². The lowest BCUT2D eigenvalue weighted by Crippen LogP contribution is -2.28. The van der Waals surface area contributed by atoms with Gasteiger partial charge in [0.1, 0.15) is 11.4 Å². The van der Waals surface area contributed by atoms with Crippen LogP contribution in [0.15, 0.2) is 42.9 Å². The number of amides is 2. The summed E-state index contributed by atoms with van der Waals surface area (Å²) >= 11 is 0. The lowest BCUT2D eigenvalue weighted by Gasteiger charge is -2.28. The molecule has 3 aromatic rings. The van der Waals surface area contributed by atoms with Gasteiger partial charge in [0, 0.05) is 43.2 Å². The topological polar surface area (TPSA) is 115 Å². The summed E-state index contributed by atoms with van der Waals surface area (Å²) < 4.78 is 7.51. The number of nitrogens with zero attached hydrogens (tertiary/aromatic N) is 4. The first-order valence-electron chi connectivity index (χ1n) is 10.5. The van der Waals surface area contributed by atoms with E-state index in [1.54, 1.807) is 24.1 Å². The molecule has 0 radical (unpaired) electrons. The van der Waals surface area contributed by atoms with Crippen LogP contribution in [0.1, 0.15) is 40.6 Å². The molecule has 2 heterocycles. The number of methoxy groups -OCH3 is 1. The molecule has 166 valence electrons. The van der Waals surface area contributed by atoms with Crippen LogP contribution in [-0.2, 0) is 7.05 Å². The number of ether oxygens (including phenoxy) is 1. The fraction of sp³-hybridized carbons (Fsp3) is 0.304. The Kier molecular flexibility index (Phi) is 5.81. The van der Waals surface area contributed by atoms with Crippen molar-refractivity contribution in [2.75, 3.05) is 18.6 Å². The minimum atomic E-state index is -0.623. The van der Waals surface area contributed by atoms with E-state index in [-0.39, 0.29) is 23.2 Å². The van der Waals surface area contributed by atoms with Crippen molar-refractivity contribution >= 4 is 23.2 Å². The second-order valence-electron chi connectivity index (χ2n) is 7.70. The van der Waals surface area contributed by atoms with Crippen molar-refractivity contribution in [2.24, 2.45) is 12.8 Å². The number of pyridine rings is 1. The van der Waals surface area contributed by atoms with Gasteiger partial charge in [0.2, 0.25) is 0 Å². The second-order valence-corrected chi connectivity index (χ2v) is 7.70. The first-order chi connectivity index (χ1) is 15.4. The molecule has 0 atom stereocenters. The molecule has 9 nitrogen and oxygen atoms in total. The average molecular weight is 435 g/mol. The van der Waals surface area contributed by atoms with Crippen molar-refractivity contribution in [2.45, 2.75) is 25.8 Å². The smallest absolute Gasteiger partial charge is 0.270 e. The Bertz CT molecular complexity index is 1170. The maximum atomic E-state index is 12.6. The summed E-state index contributed by atoms with van der Waals surface area (Å²) in [6.45, 7) is 2.45. The summed E-state index contributed by atoms with van der Waals surface area (Å²) in [5, 5.41) is 7.18. The molecular weight excluding hydrogens is 408 g/mol. The third kappa shape index (κ3) is 4.14. The first-order valence-corrected chi connectivity index (χ1v) is 10.5. The number of carbonyl (C=O) groups is 2. The highest BCUT2D eigenvalue weighted by atomic mass is 16.5. The lowest BCUT2D eigenvalue weighted by atomic mass is 10.1. The predicted octanol–water partition coefficient (Wildman–Crippen LogP) is 2.64. The van der Waals surface area contributed by atoms with Gasteiger partial charge in [-0.1, -0.05) is 12.1 Å². The number of primary amides is 1. The van der Waals surface area contributed by atoms with Crippen LogP contribution in [0.25, 0.3) is 11.1 Å². The molecule has 0 bridgehead atoms. The third-order valence-corrected chi connectivity index (χ3v) is 5.40. The Morgan fingerprint density at radius 2 is 2.06 bits per heavy atom. The normalized spacial score (nSPS) is 13.0. The quantitative estimate of drug-likeness (QED) is 0.563. The van der Waals surface area contributed by atoms with Gasteiger partial charge in [-0.25, -0.2) is 0 Å². The molecule has 0 aliphatic heterocycles. The zero-order chi connectivity index (χ0) is 22.8. The Morgan fingerprint density at radius 3 is 2.66 bits per heavy atom. The van der Waals surface area contributed by atoms with Gasteiger partial charge in [0.25, 0.3) is 11.8 Å². The number of aromatic nitrogens is 3. The number of nitrogens with two attached hydrogens (primary N) is 1. The number of aryl methyl sites for hydroxylation is 1. The number of anilines is 2. The standard InChI is InChI=1S/C23H26N6O3/c1-4-29(19-7-5-6-16(21(19)32-3)14-11-26-28(2)13-14)20-10-18(23(31)27-15-8-9-15)25-12-17(20)22(24)30/h5-7,10-13,15H,4,8-9H2,1-3H3,(H2,24,30)(H,27,31). The largest absolute Gasteiger partial charge is 0.494 e. The molecule has 0 unspecified atom stereocenters. The van der Waals surface area contributed by atoms with Crippen LogP contribution in [0.4, 0.5) is 11.4 Å². The van der Waals surface area contributed by atoms with Crippen LogP contribution in [-0.4, -0.2) is 46.3 Å². The minimum Gasteiger partial charge on any atom is -0.494 e. The van der Waals surface area contributed by atoms with Crippen molar-refractivity contribution < 1.29 is 14.3 Å². The molecule has 9 heteroatoms. The van der Waals surface area contributed by atoms with E-state index >= 15 is 0 Å². The van der Waals surface area contributed by atoms with Crippen molar-refractivity contribution in [3.63, 3.8) is 0 Å². The number of nitrogens with one attached hydrogen (secondary N) is 1. The van der Waals surface area contributed by atoms with E-state index in [1.165, 1.54) is 6.20 Å². The second kappa shape index (κ2) is 8.70. The monoisotopic (exact) mass is 434 g/mol. The number of benzene rings is 1. The summed E-state index contributed by atoms with van der Waals surface area (Å²) in [6.07, 6.45) is 6.97. The maximum Gasteiger partial charge on any atom is 0.270 e. The van der Waals surface area contributed by atoms with Crippen LogP contribution >= 0.6 is 0 Å². The van der Waals surface area contributed by atoms with Gasteiger partial charge in [-0.05, 0) is 31.9 Å². The van der Waals surface area contributed by atoms with Gasteiger partial charge in [-0.2, -0.15) is 5.10 Å². The summed E-state index contributed by atoms with van der Waals surface area (Å²) in [5.74, 6) is -0.266.